The van der Waals surface area contributed by atoms with Crippen LogP contribution in [0.4, 0.5) is 0 Å². The van der Waals surface area contributed by atoms with Gasteiger partial charge in [0.15, 0.2) is 0 Å². The van der Waals surface area contributed by atoms with Gasteiger partial charge in [-0.3, -0.25) is 0 Å². The second-order valence-corrected chi connectivity index (χ2v) is 7.46. The molecule has 0 spiro atoms. The molecule has 0 heterocycles. The van der Waals surface area contributed by atoms with Gasteiger partial charge in [0.1, 0.15) is 0 Å². The van der Waals surface area contributed by atoms with Gasteiger partial charge in [0, 0.05) is 5.41 Å². The van der Waals surface area contributed by atoms with Crippen LogP contribution >= 0.6 is 0 Å². The van der Waals surface area contributed by atoms with Crippen LogP contribution in [0.2, 0.25) is 0 Å². The van der Waals surface area contributed by atoms with Crippen molar-refractivity contribution in [1.29, 1.82) is 0 Å². The molecule has 0 saturated heterocycles. The van der Waals surface area contributed by atoms with Crippen LogP contribution in [0.5, 0.6) is 0 Å². The molecule has 0 nitrogen and oxygen atoms in total. The van der Waals surface area contributed by atoms with Gasteiger partial charge in [-0.25, -0.2) is 0 Å². The molecule has 4 rings (SSSR count). The largest absolute Gasteiger partial charge is 4.00 e. The second kappa shape index (κ2) is 14.7. The van der Waals surface area contributed by atoms with E-state index < -0.39 is 0 Å². The van der Waals surface area contributed by atoms with Gasteiger partial charge in [-0.15, -0.1) is 17.2 Å². The fourth-order valence-corrected chi connectivity index (χ4v) is 4.45. The summed E-state index contributed by atoms with van der Waals surface area (Å²) >= 11 is 0. The van der Waals surface area contributed by atoms with Crippen molar-refractivity contribution in [2.75, 3.05) is 0 Å². The van der Waals surface area contributed by atoms with Crippen LogP contribution < -0.4 is 37.2 Å². The van der Waals surface area contributed by atoms with Gasteiger partial charge in [0.25, 0.3) is 0 Å². The van der Waals surface area contributed by atoms with Gasteiger partial charge in [-0.2, -0.15) is 12.1 Å². The average molecular weight is 518 g/mol. The minimum atomic E-state index is -0.146. The molecule has 0 fully saturated rings. The number of halogens is 3. The summed E-state index contributed by atoms with van der Waals surface area (Å²) in [5.74, 6) is 0. The molecule has 0 amide bonds. The van der Waals surface area contributed by atoms with Crippen LogP contribution in [0.1, 0.15) is 42.9 Å². The first kappa shape index (κ1) is 30.6. The molecule has 0 bridgehead atoms. The maximum atomic E-state index is 2.33. The van der Waals surface area contributed by atoms with Gasteiger partial charge in [-0.1, -0.05) is 116 Å². The zero-order valence-electron chi connectivity index (χ0n) is 18.1. The van der Waals surface area contributed by atoms with Gasteiger partial charge in [0.05, 0.1) is 0 Å². The molecule has 164 valence electrons. The Bertz CT molecular complexity index is 959. The van der Waals surface area contributed by atoms with E-state index >= 15 is 0 Å². The summed E-state index contributed by atoms with van der Waals surface area (Å²) in [6, 6.07) is 39.7. The Balaban J connectivity index is 0.00000240. The smallest absolute Gasteiger partial charge is 1.00 e. The summed E-state index contributed by atoms with van der Waals surface area (Å²) in [5, 5.41) is 0. The SMILES string of the molecule is CCCCC(c1ccccc1)(c1ccccc1)[c-]1cccc1-c1ccccc1.[Cl-].[Cl-].[Cl-].[Ti+4]. The van der Waals surface area contributed by atoms with E-state index in [0.717, 1.165) is 6.42 Å². The van der Waals surface area contributed by atoms with E-state index in [1.165, 1.54) is 40.7 Å². The van der Waals surface area contributed by atoms with Crippen LogP contribution in [0.15, 0.2) is 109 Å². The Labute approximate surface area is 226 Å². The van der Waals surface area contributed by atoms with Crippen molar-refractivity contribution in [3.8, 4) is 11.1 Å². The van der Waals surface area contributed by atoms with E-state index in [4.69, 9.17) is 0 Å². The van der Waals surface area contributed by atoms with Crippen molar-refractivity contribution in [2.45, 2.75) is 31.6 Å². The first-order valence-electron chi connectivity index (χ1n) is 10.3. The monoisotopic (exact) mass is 516 g/mol. The molecule has 0 unspecified atom stereocenters. The average Bonchev–Trinajstić information content (AvgIpc) is 3.27. The van der Waals surface area contributed by atoms with Crippen molar-refractivity contribution in [3.05, 3.63) is 126 Å². The van der Waals surface area contributed by atoms with E-state index in [2.05, 4.69) is 116 Å². The summed E-state index contributed by atoms with van der Waals surface area (Å²) in [6.45, 7) is 2.28. The second-order valence-electron chi connectivity index (χ2n) is 7.46. The topological polar surface area (TPSA) is 0 Å². The van der Waals surface area contributed by atoms with Crippen LogP contribution in [0.25, 0.3) is 11.1 Å². The molecular formula is C28H27Cl3Ti. The minimum absolute atomic E-state index is 0. The third-order valence-corrected chi connectivity index (χ3v) is 5.80. The Morgan fingerprint density at radius 3 is 1.56 bits per heavy atom. The first-order chi connectivity index (χ1) is 13.9. The Morgan fingerprint density at radius 2 is 1.09 bits per heavy atom. The molecule has 4 aromatic carbocycles. The van der Waals surface area contributed by atoms with Crippen molar-refractivity contribution in [3.63, 3.8) is 0 Å². The van der Waals surface area contributed by atoms with Crippen LogP contribution in [0.3, 0.4) is 0 Å². The number of hydrogen-bond acceptors (Lipinski definition) is 0. The fourth-order valence-electron chi connectivity index (χ4n) is 4.45. The molecule has 0 atom stereocenters. The summed E-state index contributed by atoms with van der Waals surface area (Å²) in [6.07, 6.45) is 3.47. The Kier molecular flexibility index (Phi) is 14.0. The minimum Gasteiger partial charge on any atom is -1.00 e. The van der Waals surface area contributed by atoms with Crippen molar-refractivity contribution >= 4 is 0 Å². The number of rotatable bonds is 7. The Morgan fingerprint density at radius 1 is 0.625 bits per heavy atom. The van der Waals surface area contributed by atoms with Crippen LogP contribution in [-0.2, 0) is 27.1 Å². The van der Waals surface area contributed by atoms with Gasteiger partial charge >= 0.3 is 21.7 Å². The van der Waals surface area contributed by atoms with Crippen LogP contribution in [0, 0.1) is 0 Å². The molecular weight excluding hydrogens is 491 g/mol. The molecule has 4 aromatic rings. The maximum Gasteiger partial charge on any atom is 4.00 e. The first-order valence-corrected chi connectivity index (χ1v) is 10.3. The predicted molar refractivity (Wildman–Crippen MR) is 120 cm³/mol. The third-order valence-electron chi connectivity index (χ3n) is 5.80. The summed E-state index contributed by atoms with van der Waals surface area (Å²) in [7, 11) is 0. The molecule has 32 heavy (non-hydrogen) atoms. The summed E-state index contributed by atoms with van der Waals surface area (Å²) in [5.41, 5.74) is 6.63. The molecule has 0 aliphatic rings. The van der Waals surface area contributed by atoms with E-state index in [-0.39, 0.29) is 64.4 Å². The summed E-state index contributed by atoms with van der Waals surface area (Å²) in [4.78, 5) is 0. The molecule has 0 radical (unpaired) electrons. The molecule has 0 aliphatic carbocycles. The fraction of sp³-hybridized carbons (Fsp3) is 0.179. The van der Waals surface area contributed by atoms with E-state index in [9.17, 15) is 0 Å². The van der Waals surface area contributed by atoms with Crippen molar-refractivity contribution in [1.82, 2.24) is 0 Å². The molecule has 0 N–H and O–H groups in total. The van der Waals surface area contributed by atoms with E-state index in [1.807, 2.05) is 0 Å². The standard InChI is InChI=1S/C28H27.3ClH.Ti/c1-2-3-22-28(24-16-9-5-10-17-24,25-18-11-6-12-19-25)27-21-13-20-26(27)23-14-7-4-8-15-23;;;;/h4-21H,2-3,22H2,1H3;3*1H;/q-1;;;;+4/p-3. The van der Waals surface area contributed by atoms with Crippen molar-refractivity contribution in [2.24, 2.45) is 0 Å². The third kappa shape index (κ3) is 6.13. The predicted octanol–water partition coefficient (Wildman–Crippen LogP) is -1.39. The quantitative estimate of drug-likeness (QED) is 0.209. The normalized spacial score (nSPS) is 10.0. The number of hydrogen-bond donors (Lipinski definition) is 0. The van der Waals surface area contributed by atoms with E-state index in [0.29, 0.717) is 0 Å². The molecule has 0 aliphatic heterocycles. The molecule has 0 saturated carbocycles. The summed E-state index contributed by atoms with van der Waals surface area (Å²) < 4.78 is 0. The van der Waals surface area contributed by atoms with Gasteiger partial charge in [0.2, 0.25) is 0 Å². The maximum absolute atomic E-state index is 2.33. The van der Waals surface area contributed by atoms with Gasteiger partial charge < -0.3 is 37.2 Å². The number of benzene rings is 3. The molecule has 0 aromatic heterocycles. The zero-order valence-corrected chi connectivity index (χ0v) is 22.0. The van der Waals surface area contributed by atoms with Crippen molar-refractivity contribution < 1.29 is 58.9 Å². The Hall–Kier alpha value is -1.41. The van der Waals surface area contributed by atoms with Crippen LogP contribution in [-0.4, -0.2) is 0 Å². The van der Waals surface area contributed by atoms with Gasteiger partial charge in [-0.05, 0) is 17.5 Å². The zero-order chi connectivity index (χ0) is 19.2. The number of unbranched alkanes of at least 4 members (excludes halogenated alkanes) is 1. The molecule has 4 heteroatoms. The van der Waals surface area contributed by atoms with E-state index in [1.54, 1.807) is 0 Å².